The Morgan fingerprint density at radius 3 is 2.89 bits per heavy atom. The van der Waals surface area contributed by atoms with Crippen LogP contribution < -0.4 is 0 Å². The number of carboxylic acids is 1. The van der Waals surface area contributed by atoms with Crippen molar-refractivity contribution in [2.45, 2.75) is 32.4 Å². The first-order valence-electron chi connectivity index (χ1n) is 6.48. The van der Waals surface area contributed by atoms with E-state index in [4.69, 9.17) is 9.84 Å². The molecular formula is C13H19N3O3. The maximum absolute atomic E-state index is 10.4. The normalized spacial score (nSPS) is 17.5. The van der Waals surface area contributed by atoms with Crippen LogP contribution >= 0.6 is 0 Å². The first kappa shape index (κ1) is 13.9. The zero-order chi connectivity index (χ0) is 13.7. The maximum Gasteiger partial charge on any atom is 0.329 e. The second-order valence-corrected chi connectivity index (χ2v) is 4.78. The largest absolute Gasteiger partial charge is 0.480 e. The fourth-order valence-electron chi connectivity index (χ4n) is 2.25. The average molecular weight is 265 g/mol. The fourth-order valence-corrected chi connectivity index (χ4v) is 2.25. The Kier molecular flexibility index (Phi) is 4.81. The third-order valence-electron chi connectivity index (χ3n) is 3.20. The molecule has 1 aliphatic rings. The van der Waals surface area contributed by atoms with Crippen molar-refractivity contribution in [3.05, 3.63) is 23.8 Å². The van der Waals surface area contributed by atoms with E-state index in [0.29, 0.717) is 0 Å². The van der Waals surface area contributed by atoms with Gasteiger partial charge in [-0.2, -0.15) is 0 Å². The van der Waals surface area contributed by atoms with Gasteiger partial charge in [-0.15, -0.1) is 0 Å². The molecule has 1 saturated heterocycles. The Morgan fingerprint density at radius 1 is 1.53 bits per heavy atom. The Balaban J connectivity index is 1.75. The number of likely N-dealkylation sites (tertiary alicyclic amines) is 1. The first-order valence-corrected chi connectivity index (χ1v) is 6.48. The predicted octanol–water partition coefficient (Wildman–Crippen LogP) is 0.851. The molecule has 6 nitrogen and oxygen atoms in total. The van der Waals surface area contributed by atoms with Gasteiger partial charge >= 0.3 is 5.97 Å². The Hall–Kier alpha value is -1.53. The van der Waals surface area contributed by atoms with Gasteiger partial charge in [-0.05, 0) is 25.8 Å². The van der Waals surface area contributed by atoms with E-state index < -0.39 is 5.97 Å². The van der Waals surface area contributed by atoms with Gasteiger partial charge in [0.25, 0.3) is 0 Å². The lowest BCUT2D eigenvalue weighted by molar-refractivity contribution is -0.145. The molecule has 1 aromatic heterocycles. The van der Waals surface area contributed by atoms with Crippen LogP contribution in [0, 0.1) is 6.92 Å². The van der Waals surface area contributed by atoms with E-state index >= 15 is 0 Å². The Bertz CT molecular complexity index is 431. The molecule has 0 spiro atoms. The van der Waals surface area contributed by atoms with Gasteiger partial charge in [-0.1, -0.05) is 0 Å². The van der Waals surface area contributed by atoms with E-state index in [1.807, 2.05) is 13.0 Å². The minimum Gasteiger partial charge on any atom is -0.480 e. The molecule has 2 heterocycles. The van der Waals surface area contributed by atoms with Crippen LogP contribution in [-0.2, 0) is 16.1 Å². The summed E-state index contributed by atoms with van der Waals surface area (Å²) in [5, 5.41) is 8.57. The number of aryl methyl sites for hydroxylation is 1. The summed E-state index contributed by atoms with van der Waals surface area (Å²) in [4.78, 5) is 21.2. The molecule has 19 heavy (non-hydrogen) atoms. The molecule has 0 amide bonds. The molecule has 1 fully saturated rings. The summed E-state index contributed by atoms with van der Waals surface area (Å²) >= 11 is 0. The molecule has 1 aromatic rings. The molecule has 0 aliphatic carbocycles. The smallest absolute Gasteiger partial charge is 0.329 e. The third kappa shape index (κ3) is 4.57. The van der Waals surface area contributed by atoms with Gasteiger partial charge in [0.15, 0.2) is 0 Å². The van der Waals surface area contributed by atoms with Crippen molar-refractivity contribution < 1.29 is 14.6 Å². The van der Waals surface area contributed by atoms with Gasteiger partial charge in [-0.3, -0.25) is 4.90 Å². The second-order valence-electron chi connectivity index (χ2n) is 4.78. The number of aliphatic carboxylic acids is 1. The topological polar surface area (TPSA) is 75.6 Å². The molecular weight excluding hydrogens is 246 g/mol. The minimum absolute atomic E-state index is 0.0690. The van der Waals surface area contributed by atoms with Gasteiger partial charge < -0.3 is 9.84 Å². The molecule has 0 bridgehead atoms. The summed E-state index contributed by atoms with van der Waals surface area (Å²) in [5.41, 5.74) is 1.03. The molecule has 0 saturated carbocycles. The van der Waals surface area contributed by atoms with E-state index in [0.717, 1.165) is 44.0 Å². The summed E-state index contributed by atoms with van der Waals surface area (Å²) in [5.74, 6) is -0.115. The van der Waals surface area contributed by atoms with E-state index in [1.54, 1.807) is 6.20 Å². The lowest BCUT2D eigenvalue weighted by Gasteiger charge is -2.31. The minimum atomic E-state index is -0.904. The zero-order valence-corrected chi connectivity index (χ0v) is 11.1. The second kappa shape index (κ2) is 6.58. The van der Waals surface area contributed by atoms with Crippen LogP contribution in [0.5, 0.6) is 0 Å². The summed E-state index contributed by atoms with van der Waals surface area (Å²) in [6.07, 6.45) is 3.59. The van der Waals surface area contributed by atoms with Crippen molar-refractivity contribution in [3.8, 4) is 0 Å². The van der Waals surface area contributed by atoms with Crippen molar-refractivity contribution in [1.29, 1.82) is 0 Å². The van der Waals surface area contributed by atoms with E-state index in [2.05, 4.69) is 14.9 Å². The van der Waals surface area contributed by atoms with Crippen LogP contribution in [0.1, 0.15) is 24.4 Å². The van der Waals surface area contributed by atoms with Gasteiger partial charge in [0, 0.05) is 25.8 Å². The molecule has 0 atom stereocenters. The molecule has 1 N–H and O–H groups in total. The third-order valence-corrected chi connectivity index (χ3v) is 3.20. The highest BCUT2D eigenvalue weighted by Gasteiger charge is 2.20. The van der Waals surface area contributed by atoms with E-state index in [-0.39, 0.29) is 12.7 Å². The first-order chi connectivity index (χ1) is 9.13. The van der Waals surface area contributed by atoms with Gasteiger partial charge in [0.1, 0.15) is 12.4 Å². The van der Waals surface area contributed by atoms with Crippen LogP contribution in [0.2, 0.25) is 0 Å². The highest BCUT2D eigenvalue weighted by atomic mass is 16.5. The molecule has 6 heteroatoms. The SMILES string of the molecule is Cc1nccc(CN2CCC(OCC(=O)O)CC2)n1. The monoisotopic (exact) mass is 265 g/mol. The van der Waals surface area contributed by atoms with Crippen LogP contribution in [-0.4, -0.2) is 51.7 Å². The predicted molar refractivity (Wildman–Crippen MR) is 68.7 cm³/mol. The highest BCUT2D eigenvalue weighted by molar-refractivity contribution is 5.68. The van der Waals surface area contributed by atoms with E-state index in [1.165, 1.54) is 0 Å². The highest BCUT2D eigenvalue weighted by Crippen LogP contribution is 2.15. The number of piperidine rings is 1. The lowest BCUT2D eigenvalue weighted by Crippen LogP contribution is -2.37. The number of ether oxygens (including phenoxy) is 1. The van der Waals surface area contributed by atoms with Crippen LogP contribution in [0.15, 0.2) is 12.3 Å². The number of nitrogens with zero attached hydrogens (tertiary/aromatic N) is 3. The molecule has 104 valence electrons. The molecule has 2 rings (SSSR count). The van der Waals surface area contributed by atoms with Gasteiger partial charge in [-0.25, -0.2) is 14.8 Å². The molecule has 0 aromatic carbocycles. The summed E-state index contributed by atoms with van der Waals surface area (Å²) < 4.78 is 5.31. The van der Waals surface area contributed by atoms with Gasteiger partial charge in [0.05, 0.1) is 11.8 Å². The molecule has 1 aliphatic heterocycles. The average Bonchev–Trinajstić information content (AvgIpc) is 2.38. The fraction of sp³-hybridized carbons (Fsp3) is 0.615. The van der Waals surface area contributed by atoms with Crippen LogP contribution in [0.4, 0.5) is 0 Å². The van der Waals surface area contributed by atoms with E-state index in [9.17, 15) is 4.79 Å². The van der Waals surface area contributed by atoms with Crippen molar-refractivity contribution in [3.63, 3.8) is 0 Å². The number of carboxylic acid groups (broad SMARTS) is 1. The standard InChI is InChI=1S/C13H19N3O3/c1-10-14-5-2-11(15-10)8-16-6-3-12(4-7-16)19-9-13(17)18/h2,5,12H,3-4,6-9H2,1H3,(H,17,18). The van der Waals surface area contributed by atoms with Gasteiger partial charge in [0.2, 0.25) is 0 Å². The Labute approximate surface area is 112 Å². The molecule has 0 radical (unpaired) electrons. The number of rotatable bonds is 5. The maximum atomic E-state index is 10.4. The van der Waals surface area contributed by atoms with Crippen molar-refractivity contribution in [2.24, 2.45) is 0 Å². The van der Waals surface area contributed by atoms with Crippen molar-refractivity contribution >= 4 is 5.97 Å². The summed E-state index contributed by atoms with van der Waals surface area (Å²) in [6.45, 7) is 4.32. The quantitative estimate of drug-likeness (QED) is 0.850. The van der Waals surface area contributed by atoms with Crippen LogP contribution in [0.25, 0.3) is 0 Å². The van der Waals surface area contributed by atoms with Crippen LogP contribution in [0.3, 0.4) is 0 Å². The lowest BCUT2D eigenvalue weighted by atomic mass is 10.1. The zero-order valence-electron chi connectivity index (χ0n) is 11.1. The summed E-state index contributed by atoms with van der Waals surface area (Å²) in [7, 11) is 0. The number of hydrogen-bond acceptors (Lipinski definition) is 5. The summed E-state index contributed by atoms with van der Waals surface area (Å²) in [6, 6.07) is 1.93. The number of hydrogen-bond donors (Lipinski definition) is 1. The Morgan fingerprint density at radius 2 is 2.26 bits per heavy atom. The van der Waals surface area contributed by atoms with Crippen molar-refractivity contribution in [1.82, 2.24) is 14.9 Å². The number of carbonyl (C=O) groups is 1. The molecule has 0 unspecified atom stereocenters. The number of aromatic nitrogens is 2. The van der Waals surface area contributed by atoms with Crippen molar-refractivity contribution in [2.75, 3.05) is 19.7 Å².